The summed E-state index contributed by atoms with van der Waals surface area (Å²) in [6.45, 7) is -0.256. The summed E-state index contributed by atoms with van der Waals surface area (Å²) in [5, 5.41) is 108. The van der Waals surface area contributed by atoms with E-state index in [9.17, 15) is 69.9 Å². The summed E-state index contributed by atoms with van der Waals surface area (Å²) in [6, 6.07) is 12.9. The maximum Gasteiger partial charge on any atom is 1.00 e. The van der Waals surface area contributed by atoms with Crippen molar-refractivity contribution >= 4 is 29.7 Å². The Labute approximate surface area is 424 Å². The van der Waals surface area contributed by atoms with E-state index in [1.807, 2.05) is 30.3 Å². The number of carbonyl (C=O) groups is 5. The Hall–Kier alpha value is -3.77. The van der Waals surface area contributed by atoms with Crippen molar-refractivity contribution in [2.75, 3.05) is 33.5 Å². The third-order valence-corrected chi connectivity index (χ3v) is 11.9. The summed E-state index contributed by atoms with van der Waals surface area (Å²) in [5.41, 5.74) is 1.93. The molecule has 0 bridgehead atoms. The molecule has 0 aliphatic carbocycles. The van der Waals surface area contributed by atoms with Crippen molar-refractivity contribution in [3.8, 4) is 11.1 Å². The minimum absolute atomic E-state index is 0. The second-order valence-corrected chi connectivity index (χ2v) is 17.0. The molecule has 3 amide bonds. The number of aliphatic hydroxyl groups excluding tert-OH is 8. The van der Waals surface area contributed by atoms with Gasteiger partial charge in [-0.1, -0.05) is 48.9 Å². The number of carboxylic acids is 1. The molecule has 11 N–H and O–H groups in total. The molecular formula is C45H62N3NaO21. The van der Waals surface area contributed by atoms with Gasteiger partial charge in [-0.2, -0.15) is 0 Å². The van der Waals surface area contributed by atoms with Gasteiger partial charge in [0.15, 0.2) is 12.6 Å². The zero-order valence-electron chi connectivity index (χ0n) is 39.1. The Morgan fingerprint density at radius 2 is 1.43 bits per heavy atom. The number of aliphatic carboxylic acids is 1. The fourth-order valence-corrected chi connectivity index (χ4v) is 8.18. The molecule has 3 saturated heterocycles. The van der Waals surface area contributed by atoms with Crippen molar-refractivity contribution in [3.63, 3.8) is 0 Å². The molecule has 0 aromatic heterocycles. The van der Waals surface area contributed by atoms with Crippen LogP contribution >= 0.6 is 0 Å². The van der Waals surface area contributed by atoms with Crippen LogP contribution in [0.4, 0.5) is 0 Å². The van der Waals surface area contributed by atoms with E-state index in [1.165, 1.54) is 19.2 Å². The van der Waals surface area contributed by atoms with Crippen LogP contribution < -0.4 is 50.6 Å². The molecule has 0 radical (unpaired) electrons. The number of rotatable bonds is 22. The molecule has 0 spiro atoms. The number of methoxy groups -OCH3 is 1. The van der Waals surface area contributed by atoms with Gasteiger partial charge in [0, 0.05) is 45.4 Å². The number of esters is 1. The van der Waals surface area contributed by atoms with Crippen LogP contribution in [0.25, 0.3) is 11.1 Å². The van der Waals surface area contributed by atoms with Crippen LogP contribution in [0.2, 0.25) is 0 Å². The second kappa shape index (κ2) is 27.3. The molecule has 5 rings (SSSR count). The standard InChI is InChI=1S/C45H63N3O21.Na/c1-22(50)47-32-27(52)18-45(44(61)62,69-40(32)34(55)28(53)19-46-41(60)26-15-13-25(14-16-26)24-10-6-4-7-11-24)65-21-30-35(56)37(58)38(59)43(67-30)68-39-29(20-49)66-42(33(36(39)57)48-23(2)51)64-17-9-5-8-12-31(54)63-3;/h4,6-7,10-11,13-16,27-30,32-40,42-43,49,52-53,55-59H,5,8-9,12,17-21H2,1-3H3,(H,46,60)(H,47,50)(H,48,51)(H,61,62);/q;+1/p-1/t27-,28+,29+,30+,32+,33+,34+,35-,36+,37-,38+,39+,40+,42+,43-,45+;/m0./s1. The van der Waals surface area contributed by atoms with Gasteiger partial charge in [0.1, 0.15) is 66.9 Å². The molecule has 70 heavy (non-hydrogen) atoms. The van der Waals surface area contributed by atoms with Gasteiger partial charge in [0.05, 0.1) is 38.6 Å². The van der Waals surface area contributed by atoms with E-state index in [-0.39, 0.29) is 54.1 Å². The predicted molar refractivity (Wildman–Crippen MR) is 230 cm³/mol. The number of benzene rings is 2. The topological polar surface area (TPSA) is 371 Å². The van der Waals surface area contributed by atoms with E-state index in [4.69, 9.17) is 28.4 Å². The van der Waals surface area contributed by atoms with Gasteiger partial charge in [-0.05, 0) is 36.1 Å². The number of hydrogen-bond donors (Lipinski definition) is 11. The zero-order valence-corrected chi connectivity index (χ0v) is 41.1. The number of amides is 3. The van der Waals surface area contributed by atoms with Crippen molar-refractivity contribution in [1.82, 2.24) is 16.0 Å². The van der Waals surface area contributed by atoms with Gasteiger partial charge in [-0.25, -0.2) is 0 Å². The maximum atomic E-state index is 13.0. The molecule has 3 heterocycles. The summed E-state index contributed by atoms with van der Waals surface area (Å²) >= 11 is 0. The predicted octanol–water partition coefficient (Wildman–Crippen LogP) is -7.55. The molecule has 16 atom stereocenters. The quantitative estimate of drug-likeness (QED) is 0.0296. The summed E-state index contributed by atoms with van der Waals surface area (Å²) in [6.07, 6.45) is -23.4. The van der Waals surface area contributed by atoms with E-state index in [2.05, 4.69) is 20.7 Å². The van der Waals surface area contributed by atoms with Crippen LogP contribution in [0.3, 0.4) is 0 Å². The Morgan fingerprint density at radius 1 is 0.800 bits per heavy atom. The summed E-state index contributed by atoms with van der Waals surface area (Å²) in [5.74, 6) is -7.59. The number of ether oxygens (including phenoxy) is 7. The Kier molecular flexibility index (Phi) is 23.0. The molecule has 3 aliphatic rings. The smallest absolute Gasteiger partial charge is 0.544 e. The summed E-state index contributed by atoms with van der Waals surface area (Å²) in [4.78, 5) is 61.7. The molecule has 24 nitrogen and oxygen atoms in total. The Bertz CT molecular complexity index is 2010. The Balaban J connectivity index is 0.0000107. The van der Waals surface area contributed by atoms with Gasteiger partial charge in [-0.15, -0.1) is 0 Å². The minimum Gasteiger partial charge on any atom is -0.544 e. The molecule has 0 unspecified atom stereocenters. The van der Waals surface area contributed by atoms with E-state index in [0.717, 1.165) is 25.0 Å². The fraction of sp³-hybridized carbons (Fsp3) is 0.622. The van der Waals surface area contributed by atoms with Crippen molar-refractivity contribution in [2.45, 2.75) is 144 Å². The minimum atomic E-state index is -3.03. The largest absolute Gasteiger partial charge is 1.00 e. The zero-order chi connectivity index (χ0) is 50.6. The van der Waals surface area contributed by atoms with Crippen molar-refractivity contribution in [2.24, 2.45) is 0 Å². The van der Waals surface area contributed by atoms with E-state index < -0.39 is 147 Å². The molecule has 384 valence electrons. The van der Waals surface area contributed by atoms with Gasteiger partial charge < -0.3 is 99.9 Å². The number of nitrogens with one attached hydrogen (secondary N) is 3. The first-order chi connectivity index (χ1) is 32.8. The number of carboxylic acid groups (broad SMARTS) is 1. The number of hydrogen-bond acceptors (Lipinski definition) is 21. The molecule has 0 saturated carbocycles. The second-order valence-electron chi connectivity index (χ2n) is 17.0. The first-order valence-electron chi connectivity index (χ1n) is 22.3. The SMILES string of the molecule is COC(=O)CCCCCO[C@@H]1O[C@H](CO)[C@@H](O[C@@H]2O[C@H](CO[C@]3(C(=O)[O-])C[C@H](O)[C@@H](NC(C)=O)[C@H]([C@H](O)[C@H](O)CNC(=O)c4ccc(-c5ccccc5)cc4)O3)[C@H](O)[C@H](O)[C@H]2O)[C@H](O)[C@H]1NC(C)=O.[Na+]. The summed E-state index contributed by atoms with van der Waals surface area (Å²) in [7, 11) is 1.27. The van der Waals surface area contributed by atoms with Gasteiger partial charge >= 0.3 is 35.5 Å². The van der Waals surface area contributed by atoms with Gasteiger partial charge in [-0.3, -0.25) is 19.2 Å². The Morgan fingerprint density at radius 3 is 2.04 bits per heavy atom. The average molecular weight is 1000 g/mol. The molecule has 3 aliphatic heterocycles. The van der Waals surface area contributed by atoms with Crippen molar-refractivity contribution in [3.05, 3.63) is 60.2 Å². The van der Waals surface area contributed by atoms with Crippen LogP contribution in [-0.2, 0) is 52.3 Å². The number of unbranched alkanes of at least 4 members (excludes halogenated alkanes) is 2. The number of carbonyl (C=O) groups excluding carboxylic acids is 5. The molecule has 2 aromatic rings. The van der Waals surface area contributed by atoms with Gasteiger partial charge in [0.25, 0.3) is 5.91 Å². The van der Waals surface area contributed by atoms with Gasteiger partial charge in [0.2, 0.25) is 17.6 Å². The first-order valence-corrected chi connectivity index (χ1v) is 22.3. The first kappa shape index (κ1) is 58.8. The molecular weight excluding hydrogens is 941 g/mol. The van der Waals surface area contributed by atoms with Crippen molar-refractivity contribution < 1.29 is 133 Å². The van der Waals surface area contributed by atoms with Crippen LogP contribution in [-0.4, -0.2) is 202 Å². The molecule has 3 fully saturated rings. The fourth-order valence-electron chi connectivity index (χ4n) is 8.18. The van der Waals surface area contributed by atoms with E-state index in [0.29, 0.717) is 19.3 Å². The van der Waals surface area contributed by atoms with Crippen LogP contribution in [0.1, 0.15) is 56.3 Å². The normalized spacial score (nSPS) is 31.8. The molecule has 2 aromatic carbocycles. The van der Waals surface area contributed by atoms with E-state index in [1.54, 1.807) is 12.1 Å². The van der Waals surface area contributed by atoms with Crippen LogP contribution in [0, 0.1) is 0 Å². The number of aliphatic hydroxyl groups is 8. The van der Waals surface area contributed by atoms with Crippen LogP contribution in [0.15, 0.2) is 54.6 Å². The average Bonchev–Trinajstić information content (AvgIpc) is 3.33. The molecule has 25 heteroatoms. The van der Waals surface area contributed by atoms with Crippen LogP contribution in [0.5, 0.6) is 0 Å². The van der Waals surface area contributed by atoms with E-state index >= 15 is 0 Å². The monoisotopic (exact) mass is 1000 g/mol. The maximum absolute atomic E-state index is 13.0. The third kappa shape index (κ3) is 15.1. The van der Waals surface area contributed by atoms with Crippen molar-refractivity contribution in [1.29, 1.82) is 0 Å². The third-order valence-electron chi connectivity index (χ3n) is 11.9. The summed E-state index contributed by atoms with van der Waals surface area (Å²) < 4.78 is 39.1.